The third-order valence-corrected chi connectivity index (χ3v) is 11.2. The molecule has 51 heavy (non-hydrogen) atoms. The lowest BCUT2D eigenvalue weighted by atomic mass is 10.1. The van der Waals surface area contributed by atoms with Crippen molar-refractivity contribution in [2.24, 2.45) is 0 Å². The molecule has 240 valence electrons. The summed E-state index contributed by atoms with van der Waals surface area (Å²) in [6.07, 6.45) is 8.55. The Morgan fingerprint density at radius 1 is 0.529 bits per heavy atom. The number of hydrogen-bond donors (Lipinski definition) is 0. The maximum absolute atomic E-state index is 6.83. The first-order chi connectivity index (χ1) is 25.3. The van der Waals surface area contributed by atoms with Crippen LogP contribution in [0.3, 0.4) is 0 Å². The van der Waals surface area contributed by atoms with Crippen molar-refractivity contribution in [3.8, 4) is 28.5 Å². The van der Waals surface area contributed by atoms with Crippen LogP contribution in [0, 0.1) is 0 Å². The van der Waals surface area contributed by atoms with Gasteiger partial charge in [0.2, 0.25) is 0 Å². The highest BCUT2D eigenvalue weighted by atomic mass is 32.1. The van der Waals surface area contributed by atoms with E-state index < -0.39 is 0 Å². The van der Waals surface area contributed by atoms with Gasteiger partial charge in [0.05, 0.1) is 16.7 Å². The summed E-state index contributed by atoms with van der Waals surface area (Å²) in [7, 11) is 0. The Hall–Kier alpha value is -6.37. The van der Waals surface area contributed by atoms with E-state index in [2.05, 4.69) is 132 Å². The molecule has 0 unspecified atom stereocenters. The van der Waals surface area contributed by atoms with E-state index in [0.717, 1.165) is 67.9 Å². The molecule has 0 N–H and O–H groups in total. The summed E-state index contributed by atoms with van der Waals surface area (Å²) in [6, 6.07) is 44.9. The fourth-order valence-corrected chi connectivity index (χ4v) is 8.79. The predicted octanol–water partition coefficient (Wildman–Crippen LogP) is 12.3. The number of nitrogens with zero attached hydrogens (tertiary/aromatic N) is 4. The molecule has 0 spiro atoms. The number of aromatic nitrogens is 4. The first kappa shape index (κ1) is 28.5. The highest BCUT2D eigenvalue weighted by Gasteiger charge is 2.20. The summed E-state index contributed by atoms with van der Waals surface area (Å²) in [5.74, 6) is 2.04. The molecule has 6 aromatic carbocycles. The van der Waals surface area contributed by atoms with Crippen LogP contribution in [0.2, 0.25) is 0 Å². The van der Waals surface area contributed by atoms with Crippen LogP contribution in [0.15, 0.2) is 150 Å². The van der Waals surface area contributed by atoms with Crippen LogP contribution >= 0.6 is 11.3 Å². The fraction of sp³-hybridized carbons (Fsp3) is 0.0444. The number of rotatable bonds is 4. The van der Waals surface area contributed by atoms with Gasteiger partial charge in [-0.05, 0) is 61.4 Å². The van der Waals surface area contributed by atoms with Gasteiger partial charge in [0.1, 0.15) is 5.58 Å². The van der Waals surface area contributed by atoms with E-state index in [1.807, 2.05) is 18.2 Å². The van der Waals surface area contributed by atoms with Gasteiger partial charge in [-0.15, -0.1) is 11.3 Å². The van der Waals surface area contributed by atoms with E-state index in [1.165, 1.54) is 31.2 Å². The van der Waals surface area contributed by atoms with E-state index in [-0.39, 0.29) is 0 Å². The van der Waals surface area contributed by atoms with Gasteiger partial charge in [0.25, 0.3) is 0 Å². The molecule has 5 nitrogen and oxygen atoms in total. The molecule has 0 saturated carbocycles. The zero-order valence-electron chi connectivity index (χ0n) is 27.4. The van der Waals surface area contributed by atoms with Crippen molar-refractivity contribution in [3.63, 3.8) is 0 Å². The number of para-hydroxylation sites is 3. The van der Waals surface area contributed by atoms with Gasteiger partial charge in [0, 0.05) is 58.4 Å². The minimum atomic E-state index is 0.667. The minimum Gasteiger partial charge on any atom is -0.454 e. The summed E-state index contributed by atoms with van der Waals surface area (Å²) in [5, 5.41) is 7.03. The normalized spacial score (nSPS) is 13.4. The van der Waals surface area contributed by atoms with Crippen molar-refractivity contribution < 1.29 is 4.42 Å². The van der Waals surface area contributed by atoms with Crippen LogP contribution in [0.4, 0.5) is 0 Å². The first-order valence-corrected chi connectivity index (χ1v) is 18.1. The zero-order valence-corrected chi connectivity index (χ0v) is 28.2. The summed E-state index contributed by atoms with van der Waals surface area (Å²) >= 11 is 1.81. The Balaban J connectivity index is 1.10. The maximum atomic E-state index is 6.83. The molecular formula is C45H28N4OS. The van der Waals surface area contributed by atoms with Crippen LogP contribution < -0.4 is 0 Å². The van der Waals surface area contributed by atoms with Crippen LogP contribution in [0.25, 0.3) is 98.0 Å². The molecule has 10 aromatic rings. The average molecular weight is 673 g/mol. The lowest BCUT2D eigenvalue weighted by Crippen LogP contribution is -2.03. The number of hydrogen-bond acceptors (Lipinski definition) is 5. The zero-order chi connectivity index (χ0) is 33.5. The average Bonchev–Trinajstić information content (AvgIpc) is 3.86. The minimum absolute atomic E-state index is 0.667. The summed E-state index contributed by atoms with van der Waals surface area (Å²) in [6.45, 7) is 0. The molecule has 0 radical (unpaired) electrons. The highest BCUT2D eigenvalue weighted by Crippen LogP contribution is 2.43. The molecule has 11 rings (SSSR count). The van der Waals surface area contributed by atoms with Gasteiger partial charge >= 0.3 is 0 Å². The Kier molecular flexibility index (Phi) is 6.18. The molecule has 0 bridgehead atoms. The maximum Gasteiger partial charge on any atom is 0.164 e. The van der Waals surface area contributed by atoms with Crippen LogP contribution in [0.5, 0.6) is 0 Å². The van der Waals surface area contributed by atoms with Crippen LogP contribution in [-0.4, -0.2) is 19.5 Å². The molecule has 0 fully saturated rings. The summed E-state index contributed by atoms with van der Waals surface area (Å²) < 4.78 is 11.6. The van der Waals surface area contributed by atoms with Gasteiger partial charge in [-0.25, -0.2) is 15.0 Å². The number of allylic oxidation sites excluding steroid dienone is 4. The van der Waals surface area contributed by atoms with Gasteiger partial charge in [-0.1, -0.05) is 97.1 Å². The van der Waals surface area contributed by atoms with Crippen LogP contribution in [-0.2, 0) is 0 Å². The monoisotopic (exact) mass is 672 g/mol. The topological polar surface area (TPSA) is 56.7 Å². The molecular weight excluding hydrogens is 645 g/mol. The van der Waals surface area contributed by atoms with Crippen LogP contribution in [0.1, 0.15) is 18.7 Å². The highest BCUT2D eigenvalue weighted by molar-refractivity contribution is 7.25. The van der Waals surface area contributed by atoms with Gasteiger partial charge in [-0.3, -0.25) is 0 Å². The Morgan fingerprint density at radius 3 is 2.02 bits per heavy atom. The predicted molar refractivity (Wildman–Crippen MR) is 212 cm³/mol. The standard InChI is InChI=1S/C45H28N4OS/c1-3-12-27(13-4-1)43-46-44(28-14-5-2-6-15-28)48-45(47-43)29-22-23-40-34(24-29)35-25-39-33(26-41(35)51-40)32-18-11-21-38(42(32)50-39)49-36-19-9-7-16-30(36)31-17-8-10-20-37(31)49/h1,3-5,7-26H,2,6H2. The van der Waals surface area contributed by atoms with Gasteiger partial charge in [0.15, 0.2) is 23.1 Å². The molecule has 1 aliphatic carbocycles. The molecule has 4 aromatic heterocycles. The Bertz CT molecular complexity index is 3040. The molecule has 0 atom stereocenters. The Labute approximate surface area is 296 Å². The molecule has 1 aliphatic rings. The second-order valence-corrected chi connectivity index (χ2v) is 14.2. The van der Waals surface area contributed by atoms with Gasteiger partial charge < -0.3 is 8.98 Å². The first-order valence-electron chi connectivity index (χ1n) is 17.3. The largest absolute Gasteiger partial charge is 0.454 e. The number of fused-ring (bicyclic) bond motifs is 9. The number of furan rings is 1. The number of benzene rings is 6. The second-order valence-electron chi connectivity index (χ2n) is 13.1. The van der Waals surface area contributed by atoms with Crippen molar-refractivity contribution in [2.45, 2.75) is 12.8 Å². The van der Waals surface area contributed by atoms with Crippen molar-refractivity contribution in [2.75, 3.05) is 0 Å². The van der Waals surface area contributed by atoms with E-state index in [1.54, 1.807) is 11.3 Å². The molecule has 0 aliphatic heterocycles. The van der Waals surface area contributed by atoms with Crippen molar-refractivity contribution in [1.82, 2.24) is 19.5 Å². The fourth-order valence-electron chi connectivity index (χ4n) is 7.68. The van der Waals surface area contributed by atoms with Crippen molar-refractivity contribution >= 4 is 80.8 Å². The van der Waals surface area contributed by atoms with E-state index >= 15 is 0 Å². The molecule has 0 amide bonds. The van der Waals surface area contributed by atoms with E-state index in [0.29, 0.717) is 17.5 Å². The van der Waals surface area contributed by atoms with Gasteiger partial charge in [-0.2, -0.15) is 0 Å². The lowest BCUT2D eigenvalue weighted by molar-refractivity contribution is 0.667. The smallest absolute Gasteiger partial charge is 0.164 e. The quantitative estimate of drug-likeness (QED) is 0.187. The van der Waals surface area contributed by atoms with E-state index in [9.17, 15) is 0 Å². The third-order valence-electron chi connectivity index (χ3n) is 10.1. The number of thiophene rings is 1. The second kappa shape index (κ2) is 11.1. The summed E-state index contributed by atoms with van der Waals surface area (Å²) in [5.41, 5.74) is 8.10. The van der Waals surface area contributed by atoms with E-state index in [4.69, 9.17) is 19.4 Å². The van der Waals surface area contributed by atoms with Crippen molar-refractivity contribution in [1.29, 1.82) is 0 Å². The molecule has 6 heteroatoms. The SMILES string of the molecule is C1=CC(c2nc(-c3ccccc3)nc(-c3ccc4sc5cc6c(cc5c4c3)oc3c(-n4c5ccccc5c5ccccc54)cccc36)n2)=CCC1. The Morgan fingerprint density at radius 2 is 1.24 bits per heavy atom. The third kappa shape index (κ3) is 4.43. The summed E-state index contributed by atoms with van der Waals surface area (Å²) in [4.78, 5) is 14.9. The van der Waals surface area contributed by atoms with Crippen molar-refractivity contribution in [3.05, 3.63) is 151 Å². The molecule has 0 saturated heterocycles. The lowest BCUT2D eigenvalue weighted by Gasteiger charge is -2.10. The molecule has 4 heterocycles.